The summed E-state index contributed by atoms with van der Waals surface area (Å²) in [6.45, 7) is 0.681. The van der Waals surface area contributed by atoms with Crippen LogP contribution in [0.15, 0.2) is 53.4 Å². The molecule has 0 aliphatic heterocycles. The number of benzene rings is 2. The van der Waals surface area contributed by atoms with E-state index in [0.29, 0.717) is 12.5 Å². The summed E-state index contributed by atoms with van der Waals surface area (Å²) in [5, 5.41) is 8.43. The predicted octanol–water partition coefficient (Wildman–Crippen LogP) is 2.82. The van der Waals surface area contributed by atoms with Gasteiger partial charge in [-0.2, -0.15) is 0 Å². The van der Waals surface area contributed by atoms with Gasteiger partial charge in [-0.3, -0.25) is 0 Å². The normalized spacial score (nSPS) is 14.9. The monoisotopic (exact) mass is 302 g/mol. The molecule has 1 fully saturated rings. The highest BCUT2D eigenvalue weighted by Crippen LogP contribution is 2.41. The van der Waals surface area contributed by atoms with Crippen molar-refractivity contribution in [3.05, 3.63) is 59.7 Å². The van der Waals surface area contributed by atoms with Gasteiger partial charge in [0, 0.05) is 12.2 Å². The molecular formula is C16H18N2O2S. The first-order valence-electron chi connectivity index (χ1n) is 6.98. The topological polar surface area (TPSA) is 72.2 Å². The number of hydrogen-bond donors (Lipinski definition) is 2. The largest absolute Gasteiger partial charge is 0.381 e. The summed E-state index contributed by atoms with van der Waals surface area (Å²) in [7, 11) is -3.66. The lowest BCUT2D eigenvalue weighted by Gasteiger charge is -2.11. The Kier molecular flexibility index (Phi) is 3.69. The molecule has 0 atom stereocenters. The smallest absolute Gasteiger partial charge is 0.238 e. The fraction of sp³-hybridized carbons (Fsp3) is 0.250. The summed E-state index contributed by atoms with van der Waals surface area (Å²) in [6.07, 6.45) is 2.52. The zero-order valence-corrected chi connectivity index (χ0v) is 12.4. The summed E-state index contributed by atoms with van der Waals surface area (Å²) in [5.41, 5.74) is 3.42. The molecule has 21 heavy (non-hydrogen) atoms. The highest BCUT2D eigenvalue weighted by molar-refractivity contribution is 7.89. The van der Waals surface area contributed by atoms with Gasteiger partial charge in [0.15, 0.2) is 0 Å². The van der Waals surface area contributed by atoms with E-state index in [1.807, 2.05) is 12.1 Å². The summed E-state index contributed by atoms with van der Waals surface area (Å²) in [4.78, 5) is 0.128. The molecule has 0 bridgehead atoms. The second kappa shape index (κ2) is 5.50. The van der Waals surface area contributed by atoms with Crippen LogP contribution in [0.1, 0.15) is 29.9 Å². The van der Waals surface area contributed by atoms with E-state index in [2.05, 4.69) is 23.5 Å². The Morgan fingerprint density at radius 2 is 1.86 bits per heavy atom. The molecule has 110 valence electrons. The zero-order chi connectivity index (χ0) is 14.9. The first-order chi connectivity index (χ1) is 10.0. The van der Waals surface area contributed by atoms with Crippen LogP contribution in [0, 0.1) is 0 Å². The van der Waals surface area contributed by atoms with Gasteiger partial charge in [0.25, 0.3) is 0 Å². The van der Waals surface area contributed by atoms with Gasteiger partial charge in [-0.25, -0.2) is 13.6 Å². The zero-order valence-electron chi connectivity index (χ0n) is 11.6. The quantitative estimate of drug-likeness (QED) is 0.892. The molecule has 1 aliphatic carbocycles. The van der Waals surface area contributed by atoms with Crippen LogP contribution in [0.2, 0.25) is 0 Å². The van der Waals surface area contributed by atoms with Gasteiger partial charge >= 0.3 is 0 Å². The molecule has 0 heterocycles. The minimum absolute atomic E-state index is 0.128. The van der Waals surface area contributed by atoms with Crippen LogP contribution in [0.3, 0.4) is 0 Å². The number of hydrogen-bond acceptors (Lipinski definition) is 3. The van der Waals surface area contributed by atoms with Crippen LogP contribution in [-0.4, -0.2) is 8.42 Å². The number of primary sulfonamides is 1. The molecule has 4 nitrogen and oxygen atoms in total. The van der Waals surface area contributed by atoms with Crippen LogP contribution in [0.4, 0.5) is 5.69 Å². The molecule has 1 saturated carbocycles. The molecule has 3 rings (SSSR count). The lowest BCUT2D eigenvalue weighted by atomic mass is 10.0. The number of sulfonamides is 1. The van der Waals surface area contributed by atoms with Crippen LogP contribution >= 0.6 is 0 Å². The fourth-order valence-corrected chi connectivity index (χ4v) is 3.03. The Balaban J connectivity index is 1.76. The minimum atomic E-state index is -3.66. The number of nitrogens with one attached hydrogen (secondary N) is 1. The van der Waals surface area contributed by atoms with Gasteiger partial charge < -0.3 is 5.32 Å². The Morgan fingerprint density at radius 1 is 1.10 bits per heavy atom. The average molecular weight is 302 g/mol. The van der Waals surface area contributed by atoms with Crippen LogP contribution in [0.25, 0.3) is 0 Å². The van der Waals surface area contributed by atoms with Crippen molar-refractivity contribution in [3.63, 3.8) is 0 Å². The molecule has 0 spiro atoms. The summed E-state index contributed by atoms with van der Waals surface area (Å²) >= 11 is 0. The second-order valence-corrected chi connectivity index (χ2v) is 6.96. The van der Waals surface area contributed by atoms with Crippen molar-refractivity contribution < 1.29 is 8.42 Å². The van der Waals surface area contributed by atoms with E-state index in [-0.39, 0.29) is 4.90 Å². The molecule has 2 aromatic carbocycles. The highest BCUT2D eigenvalue weighted by Gasteiger charge is 2.25. The standard InChI is InChI=1S/C16H18N2O2S/c17-21(19,20)15-6-3-5-14(10-15)18-11-13-4-1-2-7-16(13)12-8-9-12/h1-7,10,12,18H,8-9,11H2,(H2,17,19,20). The summed E-state index contributed by atoms with van der Waals surface area (Å²) in [5.74, 6) is 0.693. The maximum Gasteiger partial charge on any atom is 0.238 e. The lowest BCUT2D eigenvalue weighted by molar-refractivity contribution is 0.598. The van der Waals surface area contributed by atoms with Gasteiger partial charge in [0.1, 0.15) is 0 Å². The average Bonchev–Trinajstić information content (AvgIpc) is 3.29. The van der Waals surface area contributed by atoms with Crippen molar-refractivity contribution in [2.45, 2.75) is 30.2 Å². The van der Waals surface area contributed by atoms with Crippen LogP contribution in [0.5, 0.6) is 0 Å². The number of rotatable bonds is 5. The maximum absolute atomic E-state index is 11.4. The lowest BCUT2D eigenvalue weighted by Crippen LogP contribution is -2.12. The fourth-order valence-electron chi connectivity index (χ4n) is 2.47. The SMILES string of the molecule is NS(=O)(=O)c1cccc(NCc2ccccc2C2CC2)c1. The van der Waals surface area contributed by atoms with E-state index in [0.717, 1.165) is 5.69 Å². The van der Waals surface area contributed by atoms with Crippen LogP contribution in [-0.2, 0) is 16.6 Å². The van der Waals surface area contributed by atoms with Gasteiger partial charge in [0.05, 0.1) is 4.90 Å². The molecule has 0 radical (unpaired) electrons. The Hall–Kier alpha value is -1.85. The summed E-state index contributed by atoms with van der Waals surface area (Å²) < 4.78 is 22.7. The van der Waals surface area contributed by atoms with Crippen molar-refractivity contribution in [2.75, 3.05) is 5.32 Å². The third-order valence-corrected chi connectivity index (χ3v) is 4.63. The molecule has 0 aromatic heterocycles. The second-order valence-electron chi connectivity index (χ2n) is 5.40. The van der Waals surface area contributed by atoms with Crippen molar-refractivity contribution in [2.24, 2.45) is 5.14 Å². The third-order valence-electron chi connectivity index (χ3n) is 3.72. The van der Waals surface area contributed by atoms with Gasteiger partial charge in [-0.05, 0) is 48.1 Å². The molecular weight excluding hydrogens is 284 g/mol. The van der Waals surface area contributed by atoms with E-state index in [4.69, 9.17) is 5.14 Å². The predicted molar refractivity (Wildman–Crippen MR) is 83.6 cm³/mol. The van der Waals surface area contributed by atoms with E-state index in [1.54, 1.807) is 12.1 Å². The maximum atomic E-state index is 11.4. The van der Waals surface area contributed by atoms with Gasteiger partial charge in [0.2, 0.25) is 10.0 Å². The molecule has 1 aliphatic rings. The Morgan fingerprint density at radius 3 is 2.57 bits per heavy atom. The molecule has 0 amide bonds. The van der Waals surface area contributed by atoms with Crippen molar-refractivity contribution in [3.8, 4) is 0 Å². The first-order valence-corrected chi connectivity index (χ1v) is 8.53. The molecule has 0 unspecified atom stereocenters. The van der Waals surface area contributed by atoms with E-state index in [9.17, 15) is 8.42 Å². The molecule has 3 N–H and O–H groups in total. The van der Waals surface area contributed by atoms with E-state index < -0.39 is 10.0 Å². The number of anilines is 1. The van der Waals surface area contributed by atoms with E-state index >= 15 is 0 Å². The molecule has 5 heteroatoms. The summed E-state index contributed by atoms with van der Waals surface area (Å²) in [6, 6.07) is 15.0. The number of nitrogens with two attached hydrogens (primary N) is 1. The molecule has 0 saturated heterocycles. The molecule has 2 aromatic rings. The van der Waals surface area contributed by atoms with Crippen LogP contribution < -0.4 is 10.5 Å². The van der Waals surface area contributed by atoms with Gasteiger partial charge in [-0.15, -0.1) is 0 Å². The van der Waals surface area contributed by atoms with Crippen molar-refractivity contribution in [1.29, 1.82) is 0 Å². The van der Waals surface area contributed by atoms with Crippen molar-refractivity contribution in [1.82, 2.24) is 0 Å². The van der Waals surface area contributed by atoms with E-state index in [1.165, 1.54) is 30.0 Å². The first kappa shape index (κ1) is 14.1. The highest BCUT2D eigenvalue weighted by atomic mass is 32.2. The van der Waals surface area contributed by atoms with Crippen molar-refractivity contribution >= 4 is 15.7 Å². The Bertz CT molecular complexity index is 752. The van der Waals surface area contributed by atoms with Gasteiger partial charge in [-0.1, -0.05) is 30.3 Å². The third kappa shape index (κ3) is 3.43. The minimum Gasteiger partial charge on any atom is -0.381 e. The Labute approximate surface area is 125 Å².